The van der Waals surface area contributed by atoms with E-state index in [1.54, 1.807) is 0 Å². The van der Waals surface area contributed by atoms with Crippen LogP contribution >= 0.6 is 0 Å². The molecule has 1 rings (SSSR count). The smallest absolute Gasteiger partial charge is 0.330 e. The van der Waals surface area contributed by atoms with Gasteiger partial charge in [0.05, 0.1) is 6.54 Å². The number of rotatable bonds is 6. The van der Waals surface area contributed by atoms with Crippen molar-refractivity contribution in [3.05, 3.63) is 20.8 Å². The Labute approximate surface area is 103 Å². The highest BCUT2D eigenvalue weighted by Gasteiger charge is 2.12. The van der Waals surface area contributed by atoms with E-state index in [2.05, 4.69) is 10.3 Å². The molecule has 0 unspecified atom stereocenters. The number of nitrogens with one attached hydrogen (secondary N) is 2. The highest BCUT2D eigenvalue weighted by atomic mass is 16.2. The zero-order valence-electron chi connectivity index (χ0n) is 10.2. The minimum atomic E-state index is -0.661. The predicted molar refractivity (Wildman–Crippen MR) is 68.3 cm³/mol. The molecule has 8 nitrogen and oxygen atoms in total. The van der Waals surface area contributed by atoms with E-state index in [0.717, 1.165) is 12.8 Å². The number of carbonyl (C=O) groups is 1. The van der Waals surface area contributed by atoms with Gasteiger partial charge in [-0.05, 0) is 6.42 Å². The van der Waals surface area contributed by atoms with Gasteiger partial charge in [-0.2, -0.15) is 0 Å². The molecule has 0 aromatic carbocycles. The lowest BCUT2D eigenvalue weighted by molar-refractivity contribution is -0.116. The number of aromatic amines is 1. The molecular formula is C10H17N5O3. The van der Waals surface area contributed by atoms with Crippen molar-refractivity contribution in [3.63, 3.8) is 0 Å². The molecule has 1 heterocycles. The molecule has 8 heteroatoms. The first-order chi connectivity index (χ1) is 8.47. The number of primary amides is 1. The van der Waals surface area contributed by atoms with Crippen LogP contribution in [0.1, 0.15) is 19.8 Å². The van der Waals surface area contributed by atoms with E-state index in [4.69, 9.17) is 11.5 Å². The molecule has 0 saturated carbocycles. The first kappa shape index (κ1) is 13.8. The van der Waals surface area contributed by atoms with Crippen LogP contribution in [0.4, 0.5) is 11.5 Å². The summed E-state index contributed by atoms with van der Waals surface area (Å²) in [7, 11) is 0. The molecule has 1 aromatic heterocycles. The van der Waals surface area contributed by atoms with Gasteiger partial charge in [0.1, 0.15) is 11.5 Å². The largest absolute Gasteiger partial charge is 0.383 e. The summed E-state index contributed by atoms with van der Waals surface area (Å²) >= 11 is 0. The quantitative estimate of drug-likeness (QED) is 0.507. The van der Waals surface area contributed by atoms with E-state index in [1.165, 1.54) is 4.57 Å². The van der Waals surface area contributed by atoms with Crippen LogP contribution in [-0.2, 0) is 11.3 Å². The van der Waals surface area contributed by atoms with Crippen LogP contribution in [0.3, 0.4) is 0 Å². The first-order valence-electron chi connectivity index (χ1n) is 5.62. The lowest BCUT2D eigenvalue weighted by Crippen LogP contribution is -2.35. The second kappa shape index (κ2) is 5.89. The van der Waals surface area contributed by atoms with Gasteiger partial charge < -0.3 is 16.8 Å². The predicted octanol–water partition coefficient (Wildman–Crippen LogP) is -1.18. The Morgan fingerprint density at radius 1 is 1.44 bits per heavy atom. The summed E-state index contributed by atoms with van der Waals surface area (Å²) in [6.45, 7) is 2.15. The SMILES string of the molecule is CCCCn1c(N)c(NCC(N)=O)c(=O)[nH]c1=O. The standard InChI is InChI=1S/C10H17N5O3/c1-2-3-4-15-8(12)7(13-5-6(11)16)9(17)14-10(15)18/h13H,2-5,12H2,1H3,(H2,11,16)(H,14,17,18). The average Bonchev–Trinajstić information content (AvgIpc) is 2.27. The maximum Gasteiger partial charge on any atom is 0.330 e. The van der Waals surface area contributed by atoms with Crippen molar-refractivity contribution in [1.29, 1.82) is 0 Å². The molecule has 0 aliphatic heterocycles. The van der Waals surface area contributed by atoms with E-state index in [-0.39, 0.29) is 18.1 Å². The van der Waals surface area contributed by atoms with Gasteiger partial charge in [0.15, 0.2) is 0 Å². The summed E-state index contributed by atoms with van der Waals surface area (Å²) in [4.78, 5) is 35.9. The maximum atomic E-state index is 11.6. The number of anilines is 2. The van der Waals surface area contributed by atoms with Crippen LogP contribution in [0.2, 0.25) is 0 Å². The molecule has 0 aliphatic rings. The molecule has 0 bridgehead atoms. The maximum absolute atomic E-state index is 11.6. The molecule has 0 radical (unpaired) electrons. The van der Waals surface area contributed by atoms with Crippen molar-refractivity contribution in [2.45, 2.75) is 26.3 Å². The number of nitrogens with zero attached hydrogens (tertiary/aromatic N) is 1. The molecular weight excluding hydrogens is 238 g/mol. The molecule has 0 spiro atoms. The molecule has 6 N–H and O–H groups in total. The molecule has 0 aliphatic carbocycles. The highest BCUT2D eigenvalue weighted by Crippen LogP contribution is 2.10. The van der Waals surface area contributed by atoms with Gasteiger partial charge in [0.25, 0.3) is 5.56 Å². The summed E-state index contributed by atoms with van der Waals surface area (Å²) in [5.41, 5.74) is 9.48. The average molecular weight is 255 g/mol. The van der Waals surface area contributed by atoms with Crippen LogP contribution in [-0.4, -0.2) is 22.0 Å². The minimum Gasteiger partial charge on any atom is -0.383 e. The fourth-order valence-electron chi connectivity index (χ4n) is 1.47. The van der Waals surface area contributed by atoms with Gasteiger partial charge in [0.2, 0.25) is 5.91 Å². The zero-order chi connectivity index (χ0) is 13.7. The Morgan fingerprint density at radius 3 is 2.67 bits per heavy atom. The summed E-state index contributed by atoms with van der Waals surface area (Å²) in [5.74, 6) is -0.612. The summed E-state index contributed by atoms with van der Waals surface area (Å²) in [5, 5.41) is 2.52. The lowest BCUT2D eigenvalue weighted by Gasteiger charge is -2.12. The summed E-state index contributed by atoms with van der Waals surface area (Å²) < 4.78 is 1.26. The van der Waals surface area contributed by atoms with Crippen LogP contribution < -0.4 is 28.0 Å². The monoisotopic (exact) mass is 255 g/mol. The fourth-order valence-corrected chi connectivity index (χ4v) is 1.47. The Balaban J connectivity index is 3.13. The Bertz CT molecular complexity index is 545. The van der Waals surface area contributed by atoms with Crippen LogP contribution in [0.15, 0.2) is 9.59 Å². The second-order valence-electron chi connectivity index (χ2n) is 3.84. The molecule has 0 saturated heterocycles. The van der Waals surface area contributed by atoms with Gasteiger partial charge in [0, 0.05) is 6.54 Å². The number of aromatic nitrogens is 2. The number of carbonyl (C=O) groups excluding carboxylic acids is 1. The number of unbranched alkanes of at least 4 members (excludes halogenated alkanes) is 1. The third-order valence-electron chi connectivity index (χ3n) is 2.41. The molecule has 1 aromatic rings. The first-order valence-corrected chi connectivity index (χ1v) is 5.62. The molecule has 18 heavy (non-hydrogen) atoms. The number of nitrogens with two attached hydrogens (primary N) is 2. The van der Waals surface area contributed by atoms with E-state index in [1.807, 2.05) is 6.92 Å². The third kappa shape index (κ3) is 3.12. The van der Waals surface area contributed by atoms with E-state index >= 15 is 0 Å². The summed E-state index contributed by atoms with van der Waals surface area (Å²) in [6.07, 6.45) is 1.64. The topological polar surface area (TPSA) is 136 Å². The van der Waals surface area contributed by atoms with E-state index in [0.29, 0.717) is 6.54 Å². The highest BCUT2D eigenvalue weighted by molar-refractivity contribution is 5.79. The summed E-state index contributed by atoms with van der Waals surface area (Å²) in [6, 6.07) is 0. The number of H-pyrrole nitrogens is 1. The van der Waals surface area contributed by atoms with Crippen LogP contribution in [0, 0.1) is 0 Å². The zero-order valence-corrected chi connectivity index (χ0v) is 10.2. The van der Waals surface area contributed by atoms with Gasteiger partial charge >= 0.3 is 5.69 Å². The Morgan fingerprint density at radius 2 is 2.11 bits per heavy atom. The molecule has 100 valence electrons. The van der Waals surface area contributed by atoms with Crippen molar-refractivity contribution < 1.29 is 4.79 Å². The lowest BCUT2D eigenvalue weighted by atomic mass is 10.3. The Kier molecular flexibility index (Phi) is 4.52. The van der Waals surface area contributed by atoms with Crippen molar-refractivity contribution in [2.75, 3.05) is 17.6 Å². The van der Waals surface area contributed by atoms with Gasteiger partial charge in [-0.15, -0.1) is 0 Å². The van der Waals surface area contributed by atoms with E-state index in [9.17, 15) is 14.4 Å². The van der Waals surface area contributed by atoms with Gasteiger partial charge in [-0.3, -0.25) is 19.1 Å². The van der Waals surface area contributed by atoms with Crippen LogP contribution in [0.5, 0.6) is 0 Å². The van der Waals surface area contributed by atoms with Crippen LogP contribution in [0.25, 0.3) is 0 Å². The third-order valence-corrected chi connectivity index (χ3v) is 2.41. The second-order valence-corrected chi connectivity index (χ2v) is 3.84. The number of nitrogen functional groups attached to an aromatic ring is 1. The number of amides is 1. The van der Waals surface area contributed by atoms with Crippen molar-refractivity contribution in [2.24, 2.45) is 5.73 Å². The number of hydrogen-bond acceptors (Lipinski definition) is 5. The normalized spacial score (nSPS) is 10.3. The molecule has 0 atom stereocenters. The van der Waals surface area contributed by atoms with E-state index < -0.39 is 17.2 Å². The van der Waals surface area contributed by atoms with Crippen molar-refractivity contribution >= 4 is 17.4 Å². The van der Waals surface area contributed by atoms with Crippen molar-refractivity contribution in [1.82, 2.24) is 9.55 Å². The van der Waals surface area contributed by atoms with Gasteiger partial charge in [-0.1, -0.05) is 13.3 Å². The minimum absolute atomic E-state index is 0.00972. The van der Waals surface area contributed by atoms with Crippen molar-refractivity contribution in [3.8, 4) is 0 Å². The molecule has 0 fully saturated rings. The van der Waals surface area contributed by atoms with Gasteiger partial charge in [-0.25, -0.2) is 4.79 Å². The number of hydrogen-bond donors (Lipinski definition) is 4. The molecule has 1 amide bonds. The fraction of sp³-hybridized carbons (Fsp3) is 0.500. The Hall–Kier alpha value is -2.25.